The zero-order valence-electron chi connectivity index (χ0n) is 21.0. The number of carbonyl (C=O) groups excluding carboxylic acids is 2. The van der Waals surface area contributed by atoms with Gasteiger partial charge in [-0.15, -0.1) is 0 Å². The van der Waals surface area contributed by atoms with E-state index >= 15 is 0 Å². The number of benzene rings is 3. The normalized spacial score (nSPS) is 19.0. The average Bonchev–Trinajstić information content (AvgIpc) is 3.51. The number of aliphatic imine (C=N–C) groups is 1. The Hall–Kier alpha value is -3.91. The predicted octanol–water partition coefficient (Wildman–Crippen LogP) is 5.49. The second-order valence-electron chi connectivity index (χ2n) is 9.14. The minimum Gasteiger partial charge on any atom is -0.497 e. The number of hydrazone groups is 1. The lowest BCUT2D eigenvalue weighted by atomic mass is 9.98. The molecule has 0 spiro atoms. The molecule has 37 heavy (non-hydrogen) atoms. The van der Waals surface area contributed by atoms with Crippen molar-refractivity contribution in [1.82, 2.24) is 5.01 Å². The van der Waals surface area contributed by atoms with Crippen LogP contribution in [0.5, 0.6) is 5.75 Å². The third-order valence-electron chi connectivity index (χ3n) is 6.60. The van der Waals surface area contributed by atoms with E-state index in [4.69, 9.17) is 9.84 Å². The first kappa shape index (κ1) is 24.8. The molecule has 7 nitrogen and oxygen atoms in total. The molecule has 0 bridgehead atoms. The van der Waals surface area contributed by atoms with Gasteiger partial charge in [0.1, 0.15) is 11.0 Å². The van der Waals surface area contributed by atoms with Crippen LogP contribution in [0.2, 0.25) is 0 Å². The van der Waals surface area contributed by atoms with E-state index in [9.17, 15) is 9.59 Å². The molecule has 188 valence electrons. The van der Waals surface area contributed by atoms with Gasteiger partial charge in [0.2, 0.25) is 5.91 Å². The number of thioether (sulfide) groups is 1. The fourth-order valence-corrected chi connectivity index (χ4v) is 5.44. The number of methoxy groups -OCH3 is 1. The third-order valence-corrected chi connectivity index (χ3v) is 7.75. The number of hydrogen-bond acceptors (Lipinski definition) is 6. The summed E-state index contributed by atoms with van der Waals surface area (Å²) in [5, 5.41) is 9.57. The summed E-state index contributed by atoms with van der Waals surface area (Å²) in [5.74, 6) is 0.256. The van der Waals surface area contributed by atoms with E-state index in [1.54, 1.807) is 7.11 Å². The Morgan fingerprint density at radius 1 is 1.05 bits per heavy atom. The number of nitrogens with one attached hydrogen (secondary N) is 1. The Bertz CT molecular complexity index is 1390. The van der Waals surface area contributed by atoms with Crippen molar-refractivity contribution in [3.63, 3.8) is 0 Å². The monoisotopic (exact) mass is 512 g/mol. The SMILES string of the molecule is COc1ccc(C2=NN(C3=NC(=O)C(CC(=O)Nc4ccc(C)c(C)c4)S3)C(c3ccccc3)C2)cc1. The van der Waals surface area contributed by atoms with Gasteiger partial charge in [0.25, 0.3) is 5.91 Å². The number of anilines is 1. The lowest BCUT2D eigenvalue weighted by Gasteiger charge is -2.23. The third kappa shape index (κ3) is 5.44. The van der Waals surface area contributed by atoms with Crippen LogP contribution in [0.3, 0.4) is 0 Å². The van der Waals surface area contributed by atoms with E-state index in [-0.39, 0.29) is 24.3 Å². The van der Waals surface area contributed by atoms with E-state index in [1.165, 1.54) is 11.8 Å². The molecule has 1 N–H and O–H groups in total. The fraction of sp³-hybridized carbons (Fsp3) is 0.241. The maximum absolute atomic E-state index is 12.8. The fourth-order valence-electron chi connectivity index (χ4n) is 4.38. The molecule has 3 aromatic carbocycles. The highest BCUT2D eigenvalue weighted by molar-refractivity contribution is 8.15. The van der Waals surface area contributed by atoms with Gasteiger partial charge in [0, 0.05) is 18.5 Å². The van der Waals surface area contributed by atoms with Gasteiger partial charge in [-0.3, -0.25) is 9.59 Å². The van der Waals surface area contributed by atoms with Gasteiger partial charge in [-0.05, 0) is 72.5 Å². The molecule has 3 aromatic rings. The topological polar surface area (TPSA) is 83.4 Å². The molecule has 2 heterocycles. The number of ether oxygens (including phenoxy) is 1. The maximum atomic E-state index is 12.8. The largest absolute Gasteiger partial charge is 0.497 e. The van der Waals surface area contributed by atoms with Crippen molar-refractivity contribution >= 4 is 40.1 Å². The first-order valence-corrected chi connectivity index (χ1v) is 13.0. The number of hydrogen-bond donors (Lipinski definition) is 1. The highest BCUT2D eigenvalue weighted by Gasteiger charge is 2.39. The van der Waals surface area contributed by atoms with E-state index in [0.29, 0.717) is 11.6 Å². The molecule has 8 heteroatoms. The molecule has 0 aromatic heterocycles. The van der Waals surface area contributed by atoms with Crippen LogP contribution in [0.1, 0.15) is 41.1 Å². The molecule has 2 aliphatic heterocycles. The molecule has 2 aliphatic rings. The summed E-state index contributed by atoms with van der Waals surface area (Å²) < 4.78 is 5.29. The van der Waals surface area contributed by atoms with Crippen LogP contribution in [-0.2, 0) is 9.59 Å². The number of amidine groups is 1. The highest BCUT2D eigenvalue weighted by Crippen LogP contribution is 2.38. The number of nitrogens with zero attached hydrogens (tertiary/aromatic N) is 3. The summed E-state index contributed by atoms with van der Waals surface area (Å²) in [5.41, 5.74) is 5.96. The van der Waals surface area contributed by atoms with Crippen LogP contribution in [0.4, 0.5) is 5.69 Å². The average molecular weight is 513 g/mol. The summed E-state index contributed by atoms with van der Waals surface area (Å²) in [4.78, 5) is 29.9. The highest BCUT2D eigenvalue weighted by atomic mass is 32.2. The van der Waals surface area contributed by atoms with Crippen LogP contribution in [-0.4, -0.2) is 40.1 Å². The minimum atomic E-state index is -0.585. The van der Waals surface area contributed by atoms with Crippen molar-refractivity contribution < 1.29 is 14.3 Å². The summed E-state index contributed by atoms with van der Waals surface area (Å²) in [6, 6.07) is 23.5. The first-order chi connectivity index (χ1) is 17.9. The van der Waals surface area contributed by atoms with Crippen LogP contribution in [0, 0.1) is 13.8 Å². The smallest absolute Gasteiger partial charge is 0.262 e. The van der Waals surface area contributed by atoms with Crippen LogP contribution in [0.15, 0.2) is 82.9 Å². The number of carbonyl (C=O) groups is 2. The van der Waals surface area contributed by atoms with Gasteiger partial charge in [-0.1, -0.05) is 48.2 Å². The number of rotatable bonds is 6. The molecule has 5 rings (SSSR count). The van der Waals surface area contributed by atoms with Gasteiger partial charge >= 0.3 is 0 Å². The van der Waals surface area contributed by atoms with Crippen molar-refractivity contribution in [3.8, 4) is 5.75 Å². The van der Waals surface area contributed by atoms with Gasteiger partial charge in [-0.25, -0.2) is 5.01 Å². The van der Waals surface area contributed by atoms with Crippen LogP contribution >= 0.6 is 11.8 Å². The van der Waals surface area contributed by atoms with Crippen LogP contribution in [0.25, 0.3) is 0 Å². The molecule has 0 saturated heterocycles. The van der Waals surface area contributed by atoms with E-state index in [0.717, 1.165) is 39.4 Å². The Labute approximate surface area is 220 Å². The van der Waals surface area contributed by atoms with E-state index < -0.39 is 5.25 Å². The quantitative estimate of drug-likeness (QED) is 0.472. The minimum absolute atomic E-state index is 0.0440. The molecule has 0 radical (unpaired) electrons. The summed E-state index contributed by atoms with van der Waals surface area (Å²) >= 11 is 1.30. The van der Waals surface area contributed by atoms with Crippen molar-refractivity contribution in [2.45, 2.75) is 38.0 Å². The lowest BCUT2D eigenvalue weighted by molar-refractivity contribution is -0.121. The summed E-state index contributed by atoms with van der Waals surface area (Å²) in [6.45, 7) is 4.03. The van der Waals surface area contributed by atoms with Gasteiger partial charge in [0.15, 0.2) is 5.17 Å². The summed E-state index contributed by atoms with van der Waals surface area (Å²) in [7, 11) is 1.64. The van der Waals surface area contributed by atoms with Crippen molar-refractivity contribution in [2.75, 3.05) is 12.4 Å². The molecule has 2 amide bonds. The maximum Gasteiger partial charge on any atom is 0.262 e. The van der Waals surface area contributed by atoms with Crippen molar-refractivity contribution in [1.29, 1.82) is 0 Å². The lowest BCUT2D eigenvalue weighted by Crippen LogP contribution is -2.25. The molecular weight excluding hydrogens is 484 g/mol. The Morgan fingerprint density at radius 3 is 2.51 bits per heavy atom. The zero-order chi connectivity index (χ0) is 25.9. The Kier molecular flexibility index (Phi) is 7.10. The molecule has 0 saturated carbocycles. The van der Waals surface area contributed by atoms with E-state index in [1.807, 2.05) is 79.5 Å². The second-order valence-corrected chi connectivity index (χ2v) is 10.3. The molecule has 0 aliphatic carbocycles. The summed E-state index contributed by atoms with van der Waals surface area (Å²) in [6.07, 6.45) is 0.713. The Morgan fingerprint density at radius 2 is 1.81 bits per heavy atom. The van der Waals surface area contributed by atoms with Gasteiger partial charge in [-0.2, -0.15) is 10.1 Å². The van der Waals surface area contributed by atoms with Crippen molar-refractivity contribution in [3.05, 3.63) is 95.1 Å². The zero-order valence-corrected chi connectivity index (χ0v) is 21.8. The molecule has 0 fully saturated rings. The molecule has 2 unspecified atom stereocenters. The Balaban J connectivity index is 1.33. The van der Waals surface area contributed by atoms with Crippen molar-refractivity contribution in [2.24, 2.45) is 10.1 Å². The van der Waals surface area contributed by atoms with Crippen LogP contribution < -0.4 is 10.1 Å². The second kappa shape index (κ2) is 10.6. The first-order valence-electron chi connectivity index (χ1n) is 12.1. The molecule has 2 atom stereocenters. The number of aryl methyl sites for hydroxylation is 2. The van der Waals surface area contributed by atoms with Gasteiger partial charge in [0.05, 0.1) is 18.9 Å². The number of amides is 2. The predicted molar refractivity (Wildman–Crippen MR) is 148 cm³/mol. The van der Waals surface area contributed by atoms with Gasteiger partial charge < -0.3 is 10.1 Å². The molecular formula is C29H28N4O3S. The van der Waals surface area contributed by atoms with E-state index in [2.05, 4.69) is 22.4 Å². The standard InChI is InChI=1S/C29H28N4O3S/c1-18-9-12-22(15-19(18)2)30-27(34)17-26-28(35)31-29(37-26)33-25(21-7-5-4-6-8-21)16-24(32-33)20-10-13-23(36-3)14-11-20/h4-15,25-26H,16-17H2,1-3H3,(H,30,34).